The van der Waals surface area contributed by atoms with Crippen molar-refractivity contribution in [3.8, 4) is 0 Å². The van der Waals surface area contributed by atoms with Gasteiger partial charge >= 0.3 is 0 Å². The van der Waals surface area contributed by atoms with Crippen LogP contribution in [0, 0.1) is 0 Å². The van der Waals surface area contributed by atoms with Gasteiger partial charge in [-0.25, -0.2) is 0 Å². The normalized spacial score (nSPS) is 17.6. The number of ether oxygens (including phenoxy) is 1. The van der Waals surface area contributed by atoms with Gasteiger partial charge in [0.25, 0.3) is 5.91 Å². The Labute approximate surface area is 108 Å². The van der Waals surface area contributed by atoms with Crippen molar-refractivity contribution in [3.63, 3.8) is 0 Å². The number of carbonyl (C=O) groups is 1. The van der Waals surface area contributed by atoms with Crippen LogP contribution in [-0.4, -0.2) is 18.1 Å². The van der Waals surface area contributed by atoms with E-state index in [2.05, 4.69) is 5.32 Å². The summed E-state index contributed by atoms with van der Waals surface area (Å²) >= 11 is 0. The summed E-state index contributed by atoms with van der Waals surface area (Å²) in [6, 6.07) is 7.15. The molecule has 1 saturated carbocycles. The number of hydrogen-bond donors (Lipinski definition) is 2. The van der Waals surface area contributed by atoms with Crippen molar-refractivity contribution in [1.29, 1.82) is 0 Å². The van der Waals surface area contributed by atoms with E-state index in [9.17, 15) is 4.79 Å². The fraction of sp³-hybridized carbons (Fsp3) is 0.500. The topological polar surface area (TPSA) is 64.3 Å². The number of hydrogen-bond acceptors (Lipinski definition) is 3. The standard InChI is InChI=1S/C14H20N2O2/c1-10(18-13-7-2-3-8-13)14(17)16-12-6-4-5-11(15)9-12/h4-6,9-10,13H,2-3,7-8,15H2,1H3,(H,16,17). The molecule has 4 nitrogen and oxygen atoms in total. The third kappa shape index (κ3) is 3.47. The van der Waals surface area contributed by atoms with Crippen LogP contribution in [0.4, 0.5) is 11.4 Å². The Hall–Kier alpha value is -1.55. The third-order valence-corrected chi connectivity index (χ3v) is 3.22. The molecule has 1 unspecified atom stereocenters. The highest BCUT2D eigenvalue weighted by atomic mass is 16.5. The predicted molar refractivity (Wildman–Crippen MR) is 72.3 cm³/mol. The highest BCUT2D eigenvalue weighted by Crippen LogP contribution is 2.22. The Balaban J connectivity index is 1.86. The lowest BCUT2D eigenvalue weighted by molar-refractivity contribution is -0.129. The van der Waals surface area contributed by atoms with Crippen molar-refractivity contribution in [3.05, 3.63) is 24.3 Å². The molecule has 0 aliphatic heterocycles. The van der Waals surface area contributed by atoms with Crippen molar-refractivity contribution in [2.45, 2.75) is 44.8 Å². The van der Waals surface area contributed by atoms with E-state index >= 15 is 0 Å². The molecule has 2 rings (SSSR count). The fourth-order valence-corrected chi connectivity index (χ4v) is 2.24. The largest absolute Gasteiger partial charge is 0.399 e. The number of anilines is 2. The summed E-state index contributed by atoms with van der Waals surface area (Å²) in [6.07, 6.45) is 4.36. The second-order valence-electron chi connectivity index (χ2n) is 4.80. The quantitative estimate of drug-likeness (QED) is 0.805. The molecule has 0 aromatic heterocycles. The summed E-state index contributed by atoms with van der Waals surface area (Å²) in [7, 11) is 0. The van der Waals surface area contributed by atoms with E-state index in [-0.39, 0.29) is 12.0 Å². The molecule has 1 amide bonds. The maximum Gasteiger partial charge on any atom is 0.253 e. The lowest BCUT2D eigenvalue weighted by atomic mass is 10.2. The van der Waals surface area contributed by atoms with Gasteiger partial charge in [0.05, 0.1) is 6.10 Å². The van der Waals surface area contributed by atoms with Crippen LogP contribution in [0.1, 0.15) is 32.6 Å². The average Bonchev–Trinajstić information content (AvgIpc) is 2.81. The third-order valence-electron chi connectivity index (χ3n) is 3.22. The van der Waals surface area contributed by atoms with E-state index < -0.39 is 6.10 Å². The molecule has 0 bridgehead atoms. The van der Waals surface area contributed by atoms with Crippen LogP contribution in [0.25, 0.3) is 0 Å². The number of benzene rings is 1. The van der Waals surface area contributed by atoms with Gasteiger partial charge in [-0.05, 0) is 38.0 Å². The van der Waals surface area contributed by atoms with Crippen LogP contribution in [-0.2, 0) is 9.53 Å². The Kier molecular flexibility index (Phi) is 4.20. The van der Waals surface area contributed by atoms with Gasteiger partial charge in [-0.2, -0.15) is 0 Å². The number of nitrogen functional groups attached to an aromatic ring is 1. The number of carbonyl (C=O) groups excluding carboxylic acids is 1. The molecule has 1 fully saturated rings. The molecule has 1 aliphatic rings. The first-order valence-electron chi connectivity index (χ1n) is 6.47. The van der Waals surface area contributed by atoms with Gasteiger partial charge in [0.2, 0.25) is 0 Å². The van der Waals surface area contributed by atoms with Crippen LogP contribution in [0.3, 0.4) is 0 Å². The Morgan fingerprint density at radius 2 is 2.17 bits per heavy atom. The van der Waals surface area contributed by atoms with Crippen LogP contribution in [0.15, 0.2) is 24.3 Å². The molecular weight excluding hydrogens is 228 g/mol. The van der Waals surface area contributed by atoms with Crippen molar-refractivity contribution < 1.29 is 9.53 Å². The molecule has 0 saturated heterocycles. The van der Waals surface area contributed by atoms with E-state index in [1.807, 2.05) is 12.1 Å². The van der Waals surface area contributed by atoms with E-state index in [1.54, 1.807) is 19.1 Å². The molecule has 0 heterocycles. The molecule has 0 spiro atoms. The lowest BCUT2D eigenvalue weighted by Crippen LogP contribution is -2.30. The smallest absolute Gasteiger partial charge is 0.253 e. The minimum Gasteiger partial charge on any atom is -0.399 e. The highest BCUT2D eigenvalue weighted by Gasteiger charge is 2.22. The number of nitrogens with one attached hydrogen (secondary N) is 1. The molecular formula is C14H20N2O2. The molecule has 98 valence electrons. The second-order valence-corrected chi connectivity index (χ2v) is 4.80. The van der Waals surface area contributed by atoms with Crippen LogP contribution < -0.4 is 11.1 Å². The maximum absolute atomic E-state index is 11.9. The molecule has 1 aliphatic carbocycles. The second kappa shape index (κ2) is 5.87. The highest BCUT2D eigenvalue weighted by molar-refractivity contribution is 5.94. The first-order valence-corrected chi connectivity index (χ1v) is 6.47. The summed E-state index contributed by atoms with van der Waals surface area (Å²) in [5.41, 5.74) is 7.01. The van der Waals surface area contributed by atoms with Crippen LogP contribution in [0.2, 0.25) is 0 Å². The predicted octanol–water partition coefficient (Wildman–Crippen LogP) is 2.55. The van der Waals surface area contributed by atoms with E-state index in [0.717, 1.165) is 12.8 Å². The van der Waals surface area contributed by atoms with Crippen LogP contribution >= 0.6 is 0 Å². The lowest BCUT2D eigenvalue weighted by Gasteiger charge is -2.18. The van der Waals surface area contributed by atoms with Gasteiger partial charge in [0.15, 0.2) is 0 Å². The molecule has 0 radical (unpaired) electrons. The summed E-state index contributed by atoms with van der Waals surface area (Å²) < 4.78 is 5.73. The Morgan fingerprint density at radius 3 is 2.83 bits per heavy atom. The monoisotopic (exact) mass is 248 g/mol. The van der Waals surface area contributed by atoms with Gasteiger partial charge in [-0.3, -0.25) is 4.79 Å². The minimum atomic E-state index is -0.422. The first kappa shape index (κ1) is 12.9. The Bertz CT molecular complexity index is 414. The first-order chi connectivity index (χ1) is 8.65. The number of amides is 1. The van der Waals surface area contributed by atoms with Crippen LogP contribution in [0.5, 0.6) is 0 Å². The summed E-state index contributed by atoms with van der Waals surface area (Å²) in [5, 5.41) is 2.81. The van der Waals surface area contributed by atoms with Crippen molar-refractivity contribution >= 4 is 17.3 Å². The van der Waals surface area contributed by atoms with Crippen molar-refractivity contribution in [1.82, 2.24) is 0 Å². The van der Waals surface area contributed by atoms with Crippen molar-refractivity contribution in [2.75, 3.05) is 11.1 Å². The summed E-state index contributed by atoms with van der Waals surface area (Å²) in [4.78, 5) is 11.9. The van der Waals surface area contributed by atoms with Crippen molar-refractivity contribution in [2.24, 2.45) is 0 Å². The maximum atomic E-state index is 11.9. The molecule has 1 atom stereocenters. The van der Waals surface area contributed by atoms with E-state index in [0.29, 0.717) is 11.4 Å². The fourth-order valence-electron chi connectivity index (χ4n) is 2.24. The zero-order valence-electron chi connectivity index (χ0n) is 10.7. The number of nitrogens with two attached hydrogens (primary N) is 1. The molecule has 1 aromatic carbocycles. The number of rotatable bonds is 4. The molecule has 3 N–H and O–H groups in total. The average molecular weight is 248 g/mol. The summed E-state index contributed by atoms with van der Waals surface area (Å²) in [5.74, 6) is -0.118. The zero-order valence-corrected chi connectivity index (χ0v) is 10.7. The van der Waals surface area contributed by atoms with Gasteiger partial charge in [0.1, 0.15) is 6.10 Å². The molecule has 4 heteroatoms. The SMILES string of the molecule is CC(OC1CCCC1)C(=O)Nc1cccc(N)c1. The minimum absolute atomic E-state index is 0.118. The summed E-state index contributed by atoms with van der Waals surface area (Å²) in [6.45, 7) is 1.79. The van der Waals surface area contributed by atoms with Gasteiger partial charge in [0, 0.05) is 11.4 Å². The molecule has 18 heavy (non-hydrogen) atoms. The van der Waals surface area contributed by atoms with Gasteiger partial charge in [-0.15, -0.1) is 0 Å². The van der Waals surface area contributed by atoms with E-state index in [1.165, 1.54) is 12.8 Å². The Morgan fingerprint density at radius 1 is 1.44 bits per heavy atom. The molecule has 1 aromatic rings. The van der Waals surface area contributed by atoms with Gasteiger partial charge in [-0.1, -0.05) is 18.9 Å². The van der Waals surface area contributed by atoms with Gasteiger partial charge < -0.3 is 15.8 Å². The zero-order chi connectivity index (χ0) is 13.0. The van der Waals surface area contributed by atoms with E-state index in [4.69, 9.17) is 10.5 Å².